The molecule has 168 valence electrons. The van der Waals surface area contributed by atoms with Crippen LogP contribution in [0.15, 0.2) is 16.5 Å². The maximum atomic E-state index is 13.3. The summed E-state index contributed by atoms with van der Waals surface area (Å²) >= 11 is 0.852. The van der Waals surface area contributed by atoms with E-state index in [0.717, 1.165) is 67.1 Å². The van der Waals surface area contributed by atoms with Crippen molar-refractivity contribution in [3.63, 3.8) is 0 Å². The zero-order valence-corrected chi connectivity index (χ0v) is 19.0. The lowest BCUT2D eigenvalue weighted by Gasteiger charge is -2.32. The Kier molecular flexibility index (Phi) is 5.47. The minimum Gasteiger partial charge on any atom is -0.464 e. The summed E-state index contributed by atoms with van der Waals surface area (Å²) in [6.45, 7) is 3.02. The van der Waals surface area contributed by atoms with Gasteiger partial charge in [-0.1, -0.05) is 17.8 Å². The topological polar surface area (TPSA) is 143 Å². The minimum atomic E-state index is -3.87. The average molecular weight is 467 g/mol. The number of carbonyl (C=O) groups is 2. The van der Waals surface area contributed by atoms with E-state index in [1.165, 1.54) is 36.1 Å². The molecule has 5 N–H and O–H groups in total. The summed E-state index contributed by atoms with van der Waals surface area (Å²) in [6, 6.07) is 1.76. The van der Waals surface area contributed by atoms with Crippen molar-refractivity contribution >= 4 is 39.5 Å². The predicted octanol–water partition coefficient (Wildman–Crippen LogP) is 3.37. The average Bonchev–Trinajstić information content (AvgIpc) is 3.38. The predicted molar refractivity (Wildman–Crippen MR) is 119 cm³/mol. The number of aryl methyl sites for hydroxylation is 2. The second-order valence-electron chi connectivity index (χ2n) is 8.61. The first-order valence-electron chi connectivity index (χ1n) is 10.1. The third kappa shape index (κ3) is 4.13. The van der Waals surface area contributed by atoms with Gasteiger partial charge in [-0.25, -0.2) is 23.3 Å². The Morgan fingerprint density at radius 2 is 1.77 bits per heavy atom. The maximum Gasteiger partial charge on any atom is 0.417 e. The summed E-state index contributed by atoms with van der Waals surface area (Å²) in [5, 5.41) is 21.7. The van der Waals surface area contributed by atoms with Gasteiger partial charge in [0.15, 0.2) is 9.92 Å². The van der Waals surface area contributed by atoms with Crippen LogP contribution in [0.3, 0.4) is 0 Å². The lowest BCUT2D eigenvalue weighted by Crippen LogP contribution is -2.47. The van der Waals surface area contributed by atoms with Gasteiger partial charge in [0.2, 0.25) is 0 Å². The molecule has 2 unspecified atom stereocenters. The Balaban J connectivity index is 1.68. The number of amides is 3. The van der Waals surface area contributed by atoms with E-state index in [9.17, 15) is 18.9 Å². The van der Waals surface area contributed by atoms with E-state index in [2.05, 4.69) is 11.4 Å². The van der Waals surface area contributed by atoms with Crippen molar-refractivity contribution < 1.29 is 24.0 Å². The van der Waals surface area contributed by atoms with Crippen LogP contribution in [0.25, 0.3) is 0 Å². The van der Waals surface area contributed by atoms with Crippen molar-refractivity contribution in [2.24, 2.45) is 0 Å². The van der Waals surface area contributed by atoms with Crippen molar-refractivity contribution in [3.8, 4) is 0 Å². The van der Waals surface area contributed by atoms with Crippen LogP contribution in [-0.2, 0) is 35.6 Å². The summed E-state index contributed by atoms with van der Waals surface area (Å²) in [7, 11) is -3.87. The normalized spacial score (nSPS) is 21.8. The highest BCUT2D eigenvalue weighted by Gasteiger charge is 2.43. The summed E-state index contributed by atoms with van der Waals surface area (Å²) in [5.41, 5.74) is 4.29. The molecule has 3 aliphatic rings. The molecule has 0 aromatic heterocycles. The second-order valence-corrected chi connectivity index (χ2v) is 11.7. The number of aliphatic hydroxyl groups is 1. The van der Waals surface area contributed by atoms with E-state index < -0.39 is 33.0 Å². The van der Waals surface area contributed by atoms with Gasteiger partial charge in [0.05, 0.1) is 5.60 Å². The molecule has 2 aliphatic carbocycles. The van der Waals surface area contributed by atoms with Crippen molar-refractivity contribution in [2.75, 3.05) is 5.32 Å². The van der Waals surface area contributed by atoms with Crippen LogP contribution < -0.4 is 10.0 Å². The number of hydrogen-bond donors (Lipinski definition) is 5. The Labute approximate surface area is 185 Å². The van der Waals surface area contributed by atoms with E-state index in [0.29, 0.717) is 0 Å². The first kappa shape index (κ1) is 22.0. The maximum absolute atomic E-state index is 13.3. The van der Waals surface area contributed by atoms with E-state index >= 15 is 0 Å². The zero-order chi connectivity index (χ0) is 22.6. The smallest absolute Gasteiger partial charge is 0.417 e. The van der Waals surface area contributed by atoms with Crippen LogP contribution in [0.4, 0.5) is 15.3 Å². The lowest BCUT2D eigenvalue weighted by atomic mass is 9.99. The number of thioether (sulfide) groups is 1. The van der Waals surface area contributed by atoms with Crippen LogP contribution in [0.2, 0.25) is 0 Å². The second kappa shape index (κ2) is 7.72. The fourth-order valence-electron chi connectivity index (χ4n) is 4.48. The molecular formula is C20H26N4O5S2. The number of hydrogen-bond acceptors (Lipinski definition) is 6. The molecule has 0 saturated carbocycles. The van der Waals surface area contributed by atoms with Crippen molar-refractivity contribution in [2.45, 2.75) is 63.3 Å². The summed E-state index contributed by atoms with van der Waals surface area (Å²) in [4.78, 5) is 25.5. The third-order valence-electron chi connectivity index (χ3n) is 5.78. The van der Waals surface area contributed by atoms with Crippen LogP contribution in [0.5, 0.6) is 0 Å². The lowest BCUT2D eigenvalue weighted by molar-refractivity contribution is 0.0470. The molecule has 0 saturated heterocycles. The molecule has 4 rings (SSSR count). The van der Waals surface area contributed by atoms with Gasteiger partial charge in [-0.2, -0.15) is 0 Å². The number of benzene rings is 1. The van der Waals surface area contributed by atoms with Crippen molar-refractivity contribution in [1.82, 2.24) is 9.62 Å². The van der Waals surface area contributed by atoms with Gasteiger partial charge in [0.25, 0.3) is 0 Å². The van der Waals surface area contributed by atoms with Crippen LogP contribution in [0, 0.1) is 4.78 Å². The molecule has 0 fully saturated rings. The molecule has 1 aliphatic heterocycles. The molecule has 9 nitrogen and oxygen atoms in total. The summed E-state index contributed by atoms with van der Waals surface area (Å²) < 4.78 is 22.0. The minimum absolute atomic E-state index is 0.124. The monoisotopic (exact) mass is 466 g/mol. The molecule has 3 amide bonds. The van der Waals surface area contributed by atoms with E-state index in [4.69, 9.17) is 9.89 Å². The Morgan fingerprint density at radius 1 is 1.19 bits per heavy atom. The standard InChI is InChI=1S/C20H26N4O5S2/c1-20(2,28)17-24(10-15(30-17)31(21,29)23-19(26)27)18(25)22-16-13-7-3-5-11(13)9-12-6-4-8-14(12)16/h9-10,17,28H,3-8H2,1-2H3,(H,22,25)(H,26,27)(H2,21,23,29). The molecule has 0 bridgehead atoms. The number of nitrogens with one attached hydrogen (secondary N) is 3. The number of anilines is 1. The van der Waals surface area contributed by atoms with Crippen molar-refractivity contribution in [3.05, 3.63) is 38.8 Å². The summed E-state index contributed by atoms with van der Waals surface area (Å²) in [5.74, 6) is 0. The molecule has 2 atom stereocenters. The van der Waals surface area contributed by atoms with Gasteiger partial charge >= 0.3 is 12.1 Å². The molecule has 1 aromatic carbocycles. The molecule has 11 heteroatoms. The van der Waals surface area contributed by atoms with Gasteiger partial charge in [0.1, 0.15) is 9.61 Å². The molecule has 31 heavy (non-hydrogen) atoms. The van der Waals surface area contributed by atoms with Gasteiger partial charge in [-0.05, 0) is 74.6 Å². The van der Waals surface area contributed by atoms with E-state index in [1.54, 1.807) is 4.72 Å². The number of urea groups is 1. The van der Waals surface area contributed by atoms with Gasteiger partial charge in [0, 0.05) is 11.9 Å². The highest BCUT2D eigenvalue weighted by atomic mass is 32.3. The number of fused-ring (bicyclic) bond motifs is 2. The zero-order valence-electron chi connectivity index (χ0n) is 17.4. The molecule has 1 aromatic rings. The van der Waals surface area contributed by atoms with Crippen LogP contribution in [0.1, 0.15) is 48.9 Å². The SMILES string of the molecule is CC(C)(O)C1SC(S(=N)(=O)NC(=O)O)=CN1C(=O)Nc1c2c(cc3c1CCC3)CCC2. The van der Waals surface area contributed by atoms with Gasteiger partial charge in [-0.15, -0.1) is 0 Å². The van der Waals surface area contributed by atoms with E-state index in [-0.39, 0.29) is 4.24 Å². The molecule has 0 radical (unpaired) electrons. The Hall–Kier alpha value is -2.24. The number of nitrogens with zero attached hydrogens (tertiary/aromatic N) is 1. The van der Waals surface area contributed by atoms with Crippen LogP contribution in [-0.4, -0.2) is 42.4 Å². The molecule has 1 heterocycles. The largest absolute Gasteiger partial charge is 0.464 e. The molecular weight excluding hydrogens is 440 g/mol. The number of carboxylic acid groups (broad SMARTS) is 1. The van der Waals surface area contributed by atoms with Crippen molar-refractivity contribution in [1.29, 1.82) is 4.78 Å². The highest BCUT2D eigenvalue weighted by molar-refractivity contribution is 8.19. The van der Waals surface area contributed by atoms with Gasteiger partial charge < -0.3 is 15.5 Å². The third-order valence-corrected chi connectivity index (χ3v) is 9.27. The molecule has 0 spiro atoms. The highest BCUT2D eigenvalue weighted by Crippen LogP contribution is 2.43. The quantitative estimate of drug-likeness (QED) is 0.460. The fourth-order valence-corrected chi connectivity index (χ4v) is 6.98. The fraction of sp³-hybridized carbons (Fsp3) is 0.500. The van der Waals surface area contributed by atoms with E-state index in [1.807, 2.05) is 0 Å². The Morgan fingerprint density at radius 3 is 2.29 bits per heavy atom. The summed E-state index contributed by atoms with van der Waals surface area (Å²) in [6.07, 6.45) is 5.46. The Bertz CT molecular complexity index is 1060. The number of carbonyl (C=O) groups excluding carboxylic acids is 1. The first-order valence-corrected chi connectivity index (χ1v) is 12.6. The van der Waals surface area contributed by atoms with Gasteiger partial charge in [-0.3, -0.25) is 4.90 Å². The van der Waals surface area contributed by atoms with Crippen LogP contribution >= 0.6 is 11.8 Å². The first-order chi connectivity index (χ1) is 14.5. The number of rotatable bonds is 4.